The second-order valence-corrected chi connectivity index (χ2v) is 6.72. The highest BCUT2D eigenvalue weighted by Gasteiger charge is 2.29. The van der Waals surface area contributed by atoms with Crippen LogP contribution in [0.1, 0.15) is 18.4 Å². The lowest BCUT2D eigenvalue weighted by molar-refractivity contribution is -0.117. The molecule has 2 amide bonds. The van der Waals surface area contributed by atoms with Crippen LogP contribution in [0.15, 0.2) is 73.1 Å². The van der Waals surface area contributed by atoms with Gasteiger partial charge in [-0.15, -0.1) is 0 Å². The lowest BCUT2D eigenvalue weighted by Gasteiger charge is -2.07. The molecule has 1 aromatic heterocycles. The van der Waals surface area contributed by atoms with Crippen molar-refractivity contribution in [2.75, 3.05) is 10.6 Å². The van der Waals surface area contributed by atoms with Crippen LogP contribution >= 0.6 is 0 Å². The van der Waals surface area contributed by atoms with Crippen molar-refractivity contribution < 1.29 is 9.59 Å². The summed E-state index contributed by atoms with van der Waals surface area (Å²) in [6.45, 7) is 0. The molecular formula is C22H20N4O2. The minimum Gasteiger partial charge on any atom is -0.326 e. The summed E-state index contributed by atoms with van der Waals surface area (Å²) < 4.78 is 1.75. The van der Waals surface area contributed by atoms with Crippen molar-refractivity contribution in [1.29, 1.82) is 0 Å². The fourth-order valence-electron chi connectivity index (χ4n) is 2.77. The van der Waals surface area contributed by atoms with E-state index in [0.29, 0.717) is 11.4 Å². The molecule has 0 bridgehead atoms. The number of hydrogen-bond acceptors (Lipinski definition) is 3. The van der Waals surface area contributed by atoms with Crippen molar-refractivity contribution in [2.24, 2.45) is 5.92 Å². The van der Waals surface area contributed by atoms with Crippen LogP contribution in [-0.4, -0.2) is 21.6 Å². The highest BCUT2D eigenvalue weighted by molar-refractivity contribution is 6.02. The molecule has 1 heterocycles. The summed E-state index contributed by atoms with van der Waals surface area (Å²) in [6.07, 6.45) is 8.63. The quantitative estimate of drug-likeness (QED) is 0.645. The predicted molar refractivity (Wildman–Crippen MR) is 109 cm³/mol. The number of anilines is 2. The maximum absolute atomic E-state index is 12.2. The lowest BCUT2D eigenvalue weighted by atomic mass is 10.2. The van der Waals surface area contributed by atoms with Crippen LogP contribution in [0.3, 0.4) is 0 Å². The highest BCUT2D eigenvalue weighted by Crippen LogP contribution is 2.30. The summed E-state index contributed by atoms with van der Waals surface area (Å²) in [5.74, 6) is -0.0742. The van der Waals surface area contributed by atoms with Gasteiger partial charge in [-0.2, -0.15) is 5.10 Å². The van der Waals surface area contributed by atoms with Gasteiger partial charge in [-0.05, 0) is 49.2 Å². The first kappa shape index (κ1) is 17.7. The van der Waals surface area contributed by atoms with E-state index >= 15 is 0 Å². The molecule has 0 unspecified atom stereocenters. The molecular weight excluding hydrogens is 352 g/mol. The average molecular weight is 372 g/mol. The zero-order valence-corrected chi connectivity index (χ0v) is 15.2. The first-order valence-electron chi connectivity index (χ1n) is 9.17. The van der Waals surface area contributed by atoms with E-state index in [2.05, 4.69) is 15.7 Å². The Morgan fingerprint density at radius 2 is 1.75 bits per heavy atom. The Hall–Kier alpha value is -3.67. The number of nitrogens with zero attached hydrogens (tertiary/aromatic N) is 2. The summed E-state index contributed by atoms with van der Waals surface area (Å²) in [4.78, 5) is 24.1. The van der Waals surface area contributed by atoms with Crippen LogP contribution in [0.5, 0.6) is 0 Å². The molecule has 0 aliphatic heterocycles. The molecule has 3 aromatic rings. The molecule has 2 aromatic carbocycles. The van der Waals surface area contributed by atoms with Crippen LogP contribution in [0, 0.1) is 5.92 Å². The molecule has 140 valence electrons. The number of hydrogen-bond donors (Lipinski definition) is 2. The topological polar surface area (TPSA) is 76.0 Å². The third kappa shape index (κ3) is 4.54. The summed E-state index contributed by atoms with van der Waals surface area (Å²) in [5.41, 5.74) is 3.09. The number of para-hydroxylation sites is 1. The van der Waals surface area contributed by atoms with Crippen LogP contribution in [0.4, 0.5) is 11.4 Å². The molecule has 2 N–H and O–H groups in total. The minimum atomic E-state index is -0.252. The number of carbonyl (C=O) groups is 2. The van der Waals surface area contributed by atoms with Gasteiger partial charge in [0.2, 0.25) is 11.8 Å². The molecule has 0 atom stereocenters. The largest absolute Gasteiger partial charge is 0.326 e. The van der Waals surface area contributed by atoms with E-state index in [1.54, 1.807) is 35.2 Å². The van der Waals surface area contributed by atoms with Gasteiger partial charge in [0, 0.05) is 35.1 Å². The van der Waals surface area contributed by atoms with Gasteiger partial charge in [0.1, 0.15) is 0 Å². The smallest absolute Gasteiger partial charge is 0.248 e. The number of rotatable bonds is 6. The fourth-order valence-corrected chi connectivity index (χ4v) is 2.77. The van der Waals surface area contributed by atoms with E-state index in [-0.39, 0.29) is 17.7 Å². The molecule has 6 heteroatoms. The maximum atomic E-state index is 12.2. The summed E-state index contributed by atoms with van der Waals surface area (Å²) >= 11 is 0. The number of nitrogens with one attached hydrogen (secondary N) is 2. The maximum Gasteiger partial charge on any atom is 0.248 e. The normalized spacial score (nSPS) is 13.4. The first-order chi connectivity index (χ1) is 13.7. The van der Waals surface area contributed by atoms with E-state index in [0.717, 1.165) is 24.1 Å². The molecule has 6 nitrogen and oxygen atoms in total. The van der Waals surface area contributed by atoms with Crippen LogP contribution in [0.25, 0.3) is 11.8 Å². The van der Waals surface area contributed by atoms with Crippen LogP contribution in [0.2, 0.25) is 0 Å². The Morgan fingerprint density at radius 1 is 1.00 bits per heavy atom. The summed E-state index contributed by atoms with van der Waals surface area (Å²) in [6, 6.07) is 16.9. The standard InChI is InChI=1S/C22H20N4O2/c27-21(12-9-16-14-23-26(15-16)20-7-2-1-3-8-20)24-18-5-4-6-19(13-18)25-22(28)17-10-11-17/h1-9,12-15,17H,10-11H2,(H,24,27)(H,25,28). The SMILES string of the molecule is O=C(C=Cc1cnn(-c2ccccc2)c1)Nc1cccc(NC(=O)C2CC2)c1. The van der Waals surface area contributed by atoms with Crippen LogP contribution < -0.4 is 10.6 Å². The van der Waals surface area contributed by atoms with E-state index in [4.69, 9.17) is 0 Å². The Bertz CT molecular complexity index is 1020. The molecule has 1 aliphatic rings. The number of carbonyl (C=O) groups excluding carboxylic acids is 2. The lowest BCUT2D eigenvalue weighted by Crippen LogP contribution is -2.14. The van der Waals surface area contributed by atoms with Gasteiger partial charge in [0.05, 0.1) is 11.9 Å². The third-order valence-corrected chi connectivity index (χ3v) is 4.40. The molecule has 28 heavy (non-hydrogen) atoms. The average Bonchev–Trinajstić information content (AvgIpc) is 3.46. The number of aromatic nitrogens is 2. The van der Waals surface area contributed by atoms with E-state index in [9.17, 15) is 9.59 Å². The van der Waals surface area contributed by atoms with Crippen molar-refractivity contribution in [3.05, 3.63) is 78.6 Å². The highest BCUT2D eigenvalue weighted by atomic mass is 16.2. The molecule has 1 saturated carbocycles. The molecule has 0 spiro atoms. The van der Waals surface area contributed by atoms with Crippen molar-refractivity contribution in [2.45, 2.75) is 12.8 Å². The van der Waals surface area contributed by atoms with Gasteiger partial charge < -0.3 is 10.6 Å². The Morgan fingerprint density at radius 3 is 2.50 bits per heavy atom. The second kappa shape index (κ2) is 7.92. The third-order valence-electron chi connectivity index (χ3n) is 4.40. The summed E-state index contributed by atoms with van der Waals surface area (Å²) in [7, 11) is 0. The van der Waals surface area contributed by atoms with Gasteiger partial charge in [-0.3, -0.25) is 9.59 Å². The first-order valence-corrected chi connectivity index (χ1v) is 9.17. The Labute approximate surface area is 162 Å². The van der Waals surface area contributed by atoms with Gasteiger partial charge >= 0.3 is 0 Å². The van der Waals surface area contributed by atoms with E-state index in [1.165, 1.54) is 6.08 Å². The Balaban J connectivity index is 1.36. The van der Waals surface area contributed by atoms with E-state index in [1.807, 2.05) is 42.6 Å². The Kier molecular flexibility index (Phi) is 5.01. The fraction of sp³-hybridized carbons (Fsp3) is 0.136. The predicted octanol–water partition coefficient (Wildman–Crippen LogP) is 3.87. The van der Waals surface area contributed by atoms with Crippen LogP contribution in [-0.2, 0) is 9.59 Å². The zero-order valence-electron chi connectivity index (χ0n) is 15.2. The van der Waals surface area contributed by atoms with Crippen molar-refractivity contribution in [1.82, 2.24) is 9.78 Å². The monoisotopic (exact) mass is 372 g/mol. The van der Waals surface area contributed by atoms with Gasteiger partial charge in [-0.1, -0.05) is 24.3 Å². The van der Waals surface area contributed by atoms with Gasteiger partial charge in [0.15, 0.2) is 0 Å². The van der Waals surface area contributed by atoms with Gasteiger partial charge in [-0.25, -0.2) is 4.68 Å². The molecule has 0 saturated heterocycles. The second-order valence-electron chi connectivity index (χ2n) is 6.72. The van der Waals surface area contributed by atoms with E-state index < -0.39 is 0 Å². The van der Waals surface area contributed by atoms with Crippen molar-refractivity contribution in [3.8, 4) is 5.69 Å². The van der Waals surface area contributed by atoms with Crippen molar-refractivity contribution in [3.63, 3.8) is 0 Å². The van der Waals surface area contributed by atoms with Crippen molar-refractivity contribution >= 4 is 29.3 Å². The number of benzene rings is 2. The zero-order chi connectivity index (χ0) is 19.3. The van der Waals surface area contributed by atoms with Gasteiger partial charge in [0.25, 0.3) is 0 Å². The number of amides is 2. The molecule has 1 aliphatic carbocycles. The molecule has 4 rings (SSSR count). The molecule has 1 fully saturated rings. The summed E-state index contributed by atoms with van der Waals surface area (Å²) in [5, 5.41) is 9.98. The minimum absolute atomic E-state index is 0.0406. The molecule has 0 radical (unpaired) electrons.